The molecule has 4 nitrogen and oxygen atoms in total. The number of rotatable bonds is 3. The van der Waals surface area contributed by atoms with Crippen LogP contribution in [0.3, 0.4) is 0 Å². The molecule has 5 rings (SSSR count). The summed E-state index contributed by atoms with van der Waals surface area (Å²) < 4.78 is 15.5. The number of carbonyl (C=O) groups excluding carboxylic acids is 1. The summed E-state index contributed by atoms with van der Waals surface area (Å²) in [6.45, 7) is 5.64. The van der Waals surface area contributed by atoms with E-state index in [1.165, 1.54) is 23.4 Å². The maximum atomic E-state index is 13.4. The van der Waals surface area contributed by atoms with E-state index in [2.05, 4.69) is 31.5 Å². The molecular weight excluding hydrogens is 413 g/mol. The predicted molar refractivity (Wildman–Crippen MR) is 130 cm³/mol. The van der Waals surface area contributed by atoms with Gasteiger partial charge in [-0.05, 0) is 86.8 Å². The Labute approximate surface area is 193 Å². The Morgan fingerprint density at radius 3 is 2.64 bits per heavy atom. The van der Waals surface area contributed by atoms with Gasteiger partial charge in [-0.25, -0.2) is 4.39 Å². The summed E-state index contributed by atoms with van der Waals surface area (Å²) in [5, 5.41) is 1.14. The van der Waals surface area contributed by atoms with E-state index in [9.17, 15) is 9.18 Å². The number of carbonyl (C=O) groups is 1. The highest BCUT2D eigenvalue weighted by atomic mass is 19.1. The van der Waals surface area contributed by atoms with E-state index in [4.69, 9.17) is 4.98 Å². The fourth-order valence-corrected chi connectivity index (χ4v) is 4.93. The van der Waals surface area contributed by atoms with Crippen LogP contribution < -0.4 is 0 Å². The van der Waals surface area contributed by atoms with Gasteiger partial charge in [-0.15, -0.1) is 0 Å². The molecule has 0 radical (unpaired) electrons. The predicted octanol–water partition coefficient (Wildman–Crippen LogP) is 6.02. The molecule has 1 atom stereocenters. The molecule has 0 spiro atoms. The standard InChI is InChI=1S/C28H28FN3O/c1-18-19(2)31(3)27-14-11-21(16-24(18)27)28(33)32-15-5-6-22(17-32)26-8-4-7-25(30-26)20-9-12-23(29)13-10-20/h4,7-14,16,22H,5-6,15,17H2,1-3H3/t22-/m1/s1. The number of pyridine rings is 1. The van der Waals surface area contributed by atoms with E-state index < -0.39 is 0 Å². The summed E-state index contributed by atoms with van der Waals surface area (Å²) in [6, 6.07) is 18.4. The van der Waals surface area contributed by atoms with Crippen molar-refractivity contribution in [2.24, 2.45) is 7.05 Å². The molecule has 5 heteroatoms. The molecule has 0 aliphatic carbocycles. The molecule has 33 heavy (non-hydrogen) atoms. The van der Waals surface area contributed by atoms with Crippen LogP contribution in [-0.2, 0) is 7.05 Å². The lowest BCUT2D eigenvalue weighted by Crippen LogP contribution is -2.39. The Hall–Kier alpha value is -3.47. The van der Waals surface area contributed by atoms with Crippen molar-refractivity contribution in [1.82, 2.24) is 14.5 Å². The third-order valence-corrected chi connectivity index (χ3v) is 7.09. The zero-order chi connectivity index (χ0) is 23.1. The summed E-state index contributed by atoms with van der Waals surface area (Å²) in [5.74, 6) is 0.0140. The van der Waals surface area contributed by atoms with Crippen LogP contribution >= 0.6 is 0 Å². The average Bonchev–Trinajstić information content (AvgIpc) is 3.07. The number of benzene rings is 2. The fourth-order valence-electron chi connectivity index (χ4n) is 4.93. The third-order valence-electron chi connectivity index (χ3n) is 7.09. The highest BCUT2D eigenvalue weighted by Crippen LogP contribution is 2.30. The summed E-state index contributed by atoms with van der Waals surface area (Å²) in [6.07, 6.45) is 1.95. The first-order valence-electron chi connectivity index (χ1n) is 11.5. The lowest BCUT2D eigenvalue weighted by Gasteiger charge is -2.32. The number of piperidine rings is 1. The molecule has 1 amide bonds. The van der Waals surface area contributed by atoms with Crippen LogP contribution in [0.15, 0.2) is 60.7 Å². The van der Waals surface area contributed by atoms with Crippen molar-refractivity contribution in [3.8, 4) is 11.3 Å². The van der Waals surface area contributed by atoms with Crippen LogP contribution in [0.5, 0.6) is 0 Å². The van der Waals surface area contributed by atoms with Crippen molar-refractivity contribution in [1.29, 1.82) is 0 Å². The molecule has 2 aromatic heterocycles. The minimum absolute atomic E-state index is 0.0807. The van der Waals surface area contributed by atoms with Crippen LogP contribution in [-0.4, -0.2) is 33.4 Å². The average molecular weight is 442 g/mol. The summed E-state index contributed by atoms with van der Waals surface area (Å²) in [5.41, 5.74) is 7.05. The Balaban J connectivity index is 1.38. The number of halogens is 1. The van der Waals surface area contributed by atoms with Crippen molar-refractivity contribution in [3.63, 3.8) is 0 Å². The molecule has 1 aliphatic rings. The smallest absolute Gasteiger partial charge is 0.253 e. The van der Waals surface area contributed by atoms with E-state index in [1.54, 1.807) is 12.1 Å². The highest BCUT2D eigenvalue weighted by molar-refractivity contribution is 5.99. The normalized spacial score (nSPS) is 16.4. The van der Waals surface area contributed by atoms with Gasteiger partial charge < -0.3 is 9.47 Å². The lowest BCUT2D eigenvalue weighted by molar-refractivity contribution is 0.0706. The molecule has 4 aromatic rings. The van der Waals surface area contributed by atoms with E-state index in [-0.39, 0.29) is 17.6 Å². The van der Waals surface area contributed by atoms with Gasteiger partial charge in [0.15, 0.2) is 0 Å². The lowest BCUT2D eigenvalue weighted by atomic mass is 9.93. The molecule has 2 aromatic carbocycles. The van der Waals surface area contributed by atoms with Crippen molar-refractivity contribution in [2.45, 2.75) is 32.6 Å². The fraction of sp³-hybridized carbons (Fsp3) is 0.286. The van der Waals surface area contributed by atoms with Gasteiger partial charge in [-0.3, -0.25) is 9.78 Å². The van der Waals surface area contributed by atoms with Gasteiger partial charge in [0.05, 0.1) is 5.69 Å². The maximum Gasteiger partial charge on any atom is 0.253 e. The van der Waals surface area contributed by atoms with Crippen LogP contribution in [0.4, 0.5) is 4.39 Å². The minimum Gasteiger partial charge on any atom is -0.348 e. The number of aryl methyl sites for hydroxylation is 2. The SMILES string of the molecule is Cc1c(C)n(C)c2ccc(C(=O)N3CCC[C@@H](c4cccc(-c5ccc(F)cc5)n4)C3)cc12. The van der Waals surface area contributed by atoms with Crippen LogP contribution in [0.25, 0.3) is 22.2 Å². The molecule has 0 saturated carbocycles. The number of amides is 1. The maximum absolute atomic E-state index is 13.4. The minimum atomic E-state index is -0.254. The quantitative estimate of drug-likeness (QED) is 0.390. The monoisotopic (exact) mass is 441 g/mol. The molecule has 0 unspecified atom stereocenters. The second-order valence-corrected chi connectivity index (χ2v) is 9.05. The topological polar surface area (TPSA) is 38.1 Å². The van der Waals surface area contributed by atoms with Crippen LogP contribution in [0.2, 0.25) is 0 Å². The van der Waals surface area contributed by atoms with Gasteiger partial charge in [0.2, 0.25) is 0 Å². The van der Waals surface area contributed by atoms with Crippen molar-refractivity contribution >= 4 is 16.8 Å². The van der Waals surface area contributed by atoms with Gasteiger partial charge >= 0.3 is 0 Å². The van der Waals surface area contributed by atoms with Crippen LogP contribution in [0, 0.1) is 19.7 Å². The first-order chi connectivity index (χ1) is 15.9. The number of hydrogen-bond donors (Lipinski definition) is 0. The van der Waals surface area contributed by atoms with Crippen molar-refractivity contribution in [3.05, 3.63) is 89.0 Å². The number of likely N-dealkylation sites (tertiary alicyclic amines) is 1. The second-order valence-electron chi connectivity index (χ2n) is 9.05. The van der Waals surface area contributed by atoms with Gasteiger partial charge in [-0.1, -0.05) is 6.07 Å². The number of fused-ring (bicyclic) bond motifs is 1. The number of nitrogens with zero attached hydrogens (tertiary/aromatic N) is 3. The zero-order valence-corrected chi connectivity index (χ0v) is 19.3. The summed E-state index contributed by atoms with van der Waals surface area (Å²) in [7, 11) is 2.06. The molecule has 3 heterocycles. The first-order valence-corrected chi connectivity index (χ1v) is 11.5. The van der Waals surface area contributed by atoms with Crippen molar-refractivity contribution in [2.75, 3.05) is 13.1 Å². The second kappa shape index (κ2) is 8.47. The first kappa shape index (κ1) is 21.4. The Morgan fingerprint density at radius 2 is 1.85 bits per heavy atom. The van der Waals surface area contributed by atoms with Gasteiger partial charge in [0.25, 0.3) is 5.91 Å². The highest BCUT2D eigenvalue weighted by Gasteiger charge is 2.27. The van der Waals surface area contributed by atoms with E-state index >= 15 is 0 Å². The van der Waals surface area contributed by atoms with Gasteiger partial charge in [0.1, 0.15) is 5.82 Å². The Kier molecular flexibility index (Phi) is 5.49. The van der Waals surface area contributed by atoms with E-state index in [1.807, 2.05) is 35.2 Å². The molecule has 1 saturated heterocycles. The molecule has 1 aliphatic heterocycles. The summed E-state index contributed by atoms with van der Waals surface area (Å²) in [4.78, 5) is 20.2. The van der Waals surface area contributed by atoms with E-state index in [0.717, 1.165) is 52.8 Å². The third kappa shape index (κ3) is 3.92. The Bertz CT molecular complexity index is 1340. The van der Waals surface area contributed by atoms with E-state index in [0.29, 0.717) is 6.54 Å². The van der Waals surface area contributed by atoms with Crippen LogP contribution in [0.1, 0.15) is 46.1 Å². The van der Waals surface area contributed by atoms with Gasteiger partial charge in [-0.2, -0.15) is 0 Å². The largest absolute Gasteiger partial charge is 0.348 e. The Morgan fingerprint density at radius 1 is 1.06 bits per heavy atom. The number of hydrogen-bond acceptors (Lipinski definition) is 2. The molecular formula is C28H28FN3O. The van der Waals surface area contributed by atoms with Crippen molar-refractivity contribution < 1.29 is 9.18 Å². The molecule has 0 N–H and O–H groups in total. The molecule has 1 fully saturated rings. The number of aromatic nitrogens is 2. The zero-order valence-electron chi connectivity index (χ0n) is 19.3. The molecule has 168 valence electrons. The summed E-state index contributed by atoms with van der Waals surface area (Å²) >= 11 is 0. The molecule has 0 bridgehead atoms. The van der Waals surface area contributed by atoms with Gasteiger partial charge in [0, 0.05) is 59.5 Å².